The third-order valence-corrected chi connectivity index (χ3v) is 9.73. The number of benzene rings is 2. The van der Waals surface area contributed by atoms with Gasteiger partial charge < -0.3 is 25.3 Å². The Morgan fingerprint density at radius 3 is 2.45 bits per heavy atom. The number of aromatic nitrogens is 3. The first kappa shape index (κ1) is 34.4. The number of ether oxygens (including phenoxy) is 1. The van der Waals surface area contributed by atoms with Gasteiger partial charge in [0.1, 0.15) is 5.56 Å². The van der Waals surface area contributed by atoms with E-state index in [2.05, 4.69) is 35.9 Å². The number of nitrogens with zero attached hydrogens (tertiary/aromatic N) is 3. The van der Waals surface area contributed by atoms with Crippen LogP contribution < -0.4 is 31.9 Å². The summed E-state index contributed by atoms with van der Waals surface area (Å²) in [5, 5.41) is 10.0. The summed E-state index contributed by atoms with van der Waals surface area (Å²) in [7, 11) is 2.78. The summed E-state index contributed by atoms with van der Waals surface area (Å²) in [5.74, 6) is 0.255. The van der Waals surface area contributed by atoms with Gasteiger partial charge in [-0.3, -0.25) is 19.0 Å². The standard InChI is InChI=1S/C36H38Cl2N6O5/c1-19(2)18-49-34-30-20(11-13-26(30)39-16-21-12-14-29(45)40-21)15-28(42-34)24-9-5-7-22(31(24)37)23-8-6-10-27(32(23)38)41-33(46)25-17-43(3)36(48)44(4)35(25)47/h5-10,15,17,19,21,26,39H,11-14,16,18H2,1-4H3,(H,40,45)(H,41,46). The Balaban J connectivity index is 1.32. The van der Waals surface area contributed by atoms with Gasteiger partial charge in [0.2, 0.25) is 11.8 Å². The maximum atomic E-state index is 13.2. The quantitative estimate of drug-likeness (QED) is 0.205. The number of fused-ring (bicyclic) bond motifs is 1. The number of rotatable bonds is 10. The van der Waals surface area contributed by atoms with Gasteiger partial charge >= 0.3 is 5.69 Å². The fourth-order valence-corrected chi connectivity index (χ4v) is 6.95. The highest BCUT2D eigenvalue weighted by molar-refractivity contribution is 6.39. The smallest absolute Gasteiger partial charge is 0.330 e. The molecule has 0 saturated carbocycles. The molecule has 49 heavy (non-hydrogen) atoms. The summed E-state index contributed by atoms with van der Waals surface area (Å²) in [4.78, 5) is 54.6. The molecule has 2 aromatic heterocycles. The van der Waals surface area contributed by atoms with Gasteiger partial charge in [-0.15, -0.1) is 0 Å². The van der Waals surface area contributed by atoms with Gasteiger partial charge in [0, 0.05) is 67.6 Å². The Labute approximate surface area is 293 Å². The predicted octanol–water partition coefficient (Wildman–Crippen LogP) is 5.26. The highest BCUT2D eigenvalue weighted by atomic mass is 35.5. The molecule has 3 heterocycles. The highest BCUT2D eigenvalue weighted by Gasteiger charge is 2.31. The van der Waals surface area contributed by atoms with Gasteiger partial charge in [-0.1, -0.05) is 67.4 Å². The van der Waals surface area contributed by atoms with E-state index < -0.39 is 17.2 Å². The first-order valence-electron chi connectivity index (χ1n) is 16.3. The zero-order valence-corrected chi connectivity index (χ0v) is 29.2. The van der Waals surface area contributed by atoms with E-state index in [4.69, 9.17) is 32.9 Å². The number of pyridine rings is 1. The molecule has 2 aromatic carbocycles. The van der Waals surface area contributed by atoms with Crippen molar-refractivity contribution >= 4 is 40.7 Å². The van der Waals surface area contributed by atoms with Crippen LogP contribution in [0.4, 0.5) is 5.69 Å². The number of anilines is 1. The molecule has 3 N–H and O–H groups in total. The molecule has 6 rings (SSSR count). The van der Waals surface area contributed by atoms with E-state index >= 15 is 0 Å². The van der Waals surface area contributed by atoms with Crippen LogP contribution in [0, 0.1) is 5.92 Å². The topological polar surface area (TPSA) is 136 Å². The SMILES string of the molecule is CC(C)COc1nc(-c2cccc(-c3cccc(NC(=O)c4cn(C)c(=O)n(C)c4=O)c3Cl)c2Cl)cc2c1C(NCC1CCC(=O)N1)CC2. The minimum absolute atomic E-state index is 0.0516. The molecule has 1 fully saturated rings. The van der Waals surface area contributed by atoms with Crippen LogP contribution in [0.5, 0.6) is 5.88 Å². The van der Waals surface area contributed by atoms with Crippen LogP contribution in [-0.4, -0.2) is 45.1 Å². The molecular formula is C36H38Cl2N6O5. The third-order valence-electron chi connectivity index (χ3n) is 8.91. The number of hydrogen-bond acceptors (Lipinski definition) is 7. The van der Waals surface area contributed by atoms with Crippen molar-refractivity contribution < 1.29 is 14.3 Å². The summed E-state index contributed by atoms with van der Waals surface area (Å²) < 4.78 is 8.36. The van der Waals surface area contributed by atoms with Gasteiger partial charge in [-0.25, -0.2) is 9.78 Å². The van der Waals surface area contributed by atoms with Crippen LogP contribution in [0.1, 0.15) is 60.6 Å². The molecule has 0 spiro atoms. The Bertz CT molecular complexity index is 2070. The highest BCUT2D eigenvalue weighted by Crippen LogP contribution is 2.44. The first-order chi connectivity index (χ1) is 23.4. The van der Waals surface area contributed by atoms with Crippen molar-refractivity contribution in [3.63, 3.8) is 0 Å². The van der Waals surface area contributed by atoms with Crippen LogP contribution >= 0.6 is 23.2 Å². The van der Waals surface area contributed by atoms with Crippen LogP contribution in [0.3, 0.4) is 0 Å². The number of aryl methyl sites for hydroxylation is 2. The lowest BCUT2D eigenvalue weighted by atomic mass is 9.99. The van der Waals surface area contributed by atoms with Gasteiger partial charge in [-0.05, 0) is 42.9 Å². The Kier molecular flexibility index (Phi) is 9.96. The zero-order chi connectivity index (χ0) is 35.0. The van der Waals surface area contributed by atoms with E-state index in [0.717, 1.165) is 35.0 Å². The van der Waals surface area contributed by atoms with Gasteiger partial charge in [-0.2, -0.15) is 0 Å². The summed E-state index contributed by atoms with van der Waals surface area (Å²) in [6.45, 7) is 5.36. The molecule has 2 aliphatic rings. The second-order valence-electron chi connectivity index (χ2n) is 13.0. The van der Waals surface area contributed by atoms with E-state index in [0.29, 0.717) is 58.8 Å². The maximum Gasteiger partial charge on any atom is 0.330 e. The molecule has 0 radical (unpaired) electrons. The molecule has 11 nitrogen and oxygen atoms in total. The lowest BCUT2D eigenvalue weighted by Crippen LogP contribution is -2.40. The van der Waals surface area contributed by atoms with Crippen molar-refractivity contribution in [1.82, 2.24) is 24.8 Å². The summed E-state index contributed by atoms with van der Waals surface area (Å²) in [5.41, 5.74) is 3.55. The lowest BCUT2D eigenvalue weighted by molar-refractivity contribution is -0.119. The Morgan fingerprint density at radius 1 is 1.02 bits per heavy atom. The molecule has 1 aliphatic carbocycles. The van der Waals surface area contributed by atoms with E-state index in [1.54, 1.807) is 18.2 Å². The minimum Gasteiger partial charge on any atom is -0.477 e. The van der Waals surface area contributed by atoms with E-state index in [-0.39, 0.29) is 34.3 Å². The average Bonchev–Trinajstić information content (AvgIpc) is 3.69. The maximum absolute atomic E-state index is 13.2. The summed E-state index contributed by atoms with van der Waals surface area (Å²) >= 11 is 14.0. The molecule has 1 aliphatic heterocycles. The summed E-state index contributed by atoms with van der Waals surface area (Å²) in [6.07, 6.45) is 4.30. The third kappa shape index (κ3) is 7.01. The molecule has 2 unspecified atom stereocenters. The van der Waals surface area contributed by atoms with Gasteiger partial charge in [0.15, 0.2) is 0 Å². The van der Waals surface area contributed by atoms with E-state index in [9.17, 15) is 19.2 Å². The first-order valence-corrected chi connectivity index (χ1v) is 17.0. The van der Waals surface area contributed by atoms with Crippen molar-refractivity contribution in [2.45, 2.75) is 51.6 Å². The van der Waals surface area contributed by atoms with Gasteiger partial charge in [0.25, 0.3) is 11.5 Å². The van der Waals surface area contributed by atoms with Crippen molar-refractivity contribution in [3.8, 4) is 28.3 Å². The van der Waals surface area contributed by atoms with Crippen LogP contribution in [0.2, 0.25) is 10.0 Å². The molecular weight excluding hydrogens is 667 g/mol. The molecule has 256 valence electrons. The molecule has 1 saturated heterocycles. The molecule has 2 atom stereocenters. The minimum atomic E-state index is -0.716. The Hall–Kier alpha value is -4.45. The predicted molar refractivity (Wildman–Crippen MR) is 191 cm³/mol. The van der Waals surface area contributed by atoms with Crippen LogP contribution in [-0.2, 0) is 25.3 Å². The normalized spacial score (nSPS) is 16.9. The molecule has 13 heteroatoms. The lowest BCUT2D eigenvalue weighted by Gasteiger charge is -2.21. The molecule has 4 aromatic rings. The second-order valence-corrected chi connectivity index (χ2v) is 13.7. The zero-order valence-electron chi connectivity index (χ0n) is 27.7. The average molecular weight is 706 g/mol. The van der Waals surface area contributed by atoms with Crippen molar-refractivity contribution in [3.05, 3.63) is 96.2 Å². The second kappa shape index (κ2) is 14.2. The Morgan fingerprint density at radius 2 is 1.73 bits per heavy atom. The van der Waals surface area contributed by atoms with E-state index in [1.165, 1.54) is 24.9 Å². The number of nitrogens with one attached hydrogen (secondary N) is 3. The summed E-state index contributed by atoms with van der Waals surface area (Å²) in [6, 6.07) is 13.0. The number of carbonyl (C=O) groups excluding carboxylic acids is 2. The van der Waals surface area contributed by atoms with E-state index in [1.807, 2.05) is 18.2 Å². The number of carbonyl (C=O) groups is 2. The van der Waals surface area contributed by atoms with Crippen molar-refractivity contribution in [2.75, 3.05) is 18.5 Å². The van der Waals surface area contributed by atoms with Crippen molar-refractivity contribution in [2.24, 2.45) is 20.0 Å². The fourth-order valence-electron chi connectivity index (χ4n) is 6.35. The van der Waals surface area contributed by atoms with Crippen LogP contribution in [0.25, 0.3) is 22.4 Å². The number of hydrogen-bond donors (Lipinski definition) is 3. The number of amides is 2. The van der Waals surface area contributed by atoms with Crippen LogP contribution in [0.15, 0.2) is 58.3 Å². The number of halogens is 2. The van der Waals surface area contributed by atoms with Gasteiger partial charge in [0.05, 0.1) is 28.0 Å². The molecule has 0 bridgehead atoms. The molecule has 2 amide bonds. The monoisotopic (exact) mass is 704 g/mol. The fraction of sp³-hybridized carbons (Fsp3) is 0.361. The largest absolute Gasteiger partial charge is 0.477 e. The van der Waals surface area contributed by atoms with Crippen molar-refractivity contribution in [1.29, 1.82) is 0 Å².